The Bertz CT molecular complexity index is 752. The van der Waals surface area contributed by atoms with Crippen LogP contribution in [0.25, 0.3) is 0 Å². The second-order valence-corrected chi connectivity index (χ2v) is 5.79. The van der Waals surface area contributed by atoms with E-state index in [4.69, 9.17) is 11.2 Å². The SMILES string of the molecule is C#CCOc1ccccc1CN(C)C(=O)NCc1nnnn1CCCC. The number of hydrogen-bond donors (Lipinski definition) is 1. The molecule has 1 aromatic heterocycles. The summed E-state index contributed by atoms with van der Waals surface area (Å²) in [4.78, 5) is 13.9. The van der Waals surface area contributed by atoms with Gasteiger partial charge in [0.1, 0.15) is 12.4 Å². The summed E-state index contributed by atoms with van der Waals surface area (Å²) in [5.41, 5.74) is 0.883. The van der Waals surface area contributed by atoms with Crippen molar-refractivity contribution in [2.45, 2.75) is 39.4 Å². The number of carbonyl (C=O) groups excluding carboxylic acids is 1. The fraction of sp³-hybridized carbons (Fsp3) is 0.444. The number of carbonyl (C=O) groups is 1. The third-order valence-corrected chi connectivity index (χ3v) is 3.77. The molecule has 0 aliphatic rings. The summed E-state index contributed by atoms with van der Waals surface area (Å²) >= 11 is 0. The van der Waals surface area contributed by atoms with Gasteiger partial charge in [0, 0.05) is 19.2 Å². The van der Waals surface area contributed by atoms with Gasteiger partial charge in [0.05, 0.1) is 13.1 Å². The molecule has 0 radical (unpaired) electrons. The van der Waals surface area contributed by atoms with Crippen LogP contribution in [-0.2, 0) is 19.6 Å². The lowest BCUT2D eigenvalue weighted by Gasteiger charge is -2.19. The van der Waals surface area contributed by atoms with Gasteiger partial charge >= 0.3 is 6.03 Å². The molecule has 138 valence electrons. The zero-order valence-corrected chi connectivity index (χ0v) is 15.2. The average Bonchev–Trinajstić information content (AvgIpc) is 3.11. The molecule has 1 heterocycles. The summed E-state index contributed by atoms with van der Waals surface area (Å²) in [6.45, 7) is 3.70. The number of nitrogens with zero attached hydrogens (tertiary/aromatic N) is 5. The first-order chi connectivity index (χ1) is 12.7. The fourth-order valence-electron chi connectivity index (χ4n) is 2.34. The molecule has 0 aliphatic heterocycles. The van der Waals surface area contributed by atoms with E-state index in [1.807, 2.05) is 24.3 Å². The van der Waals surface area contributed by atoms with Gasteiger partial charge in [-0.2, -0.15) is 0 Å². The van der Waals surface area contributed by atoms with Crippen molar-refractivity contribution < 1.29 is 9.53 Å². The highest BCUT2D eigenvalue weighted by molar-refractivity contribution is 5.73. The van der Waals surface area contributed by atoms with E-state index in [0.29, 0.717) is 18.1 Å². The molecule has 8 heteroatoms. The third-order valence-electron chi connectivity index (χ3n) is 3.77. The van der Waals surface area contributed by atoms with Gasteiger partial charge in [0.25, 0.3) is 0 Å². The van der Waals surface area contributed by atoms with Crippen LogP contribution in [0.15, 0.2) is 24.3 Å². The zero-order chi connectivity index (χ0) is 18.8. The molecule has 26 heavy (non-hydrogen) atoms. The van der Waals surface area contributed by atoms with Gasteiger partial charge in [-0.1, -0.05) is 37.5 Å². The Morgan fingerprint density at radius 1 is 1.42 bits per heavy atom. The van der Waals surface area contributed by atoms with Crippen LogP contribution in [0.1, 0.15) is 31.2 Å². The molecule has 0 fully saturated rings. The lowest BCUT2D eigenvalue weighted by molar-refractivity contribution is 0.205. The fourth-order valence-corrected chi connectivity index (χ4v) is 2.34. The zero-order valence-electron chi connectivity index (χ0n) is 15.2. The number of urea groups is 1. The van der Waals surface area contributed by atoms with Crippen molar-refractivity contribution >= 4 is 6.03 Å². The predicted octanol–water partition coefficient (Wildman–Crippen LogP) is 1.83. The number of benzene rings is 1. The average molecular weight is 356 g/mol. The highest BCUT2D eigenvalue weighted by Gasteiger charge is 2.13. The second-order valence-electron chi connectivity index (χ2n) is 5.79. The van der Waals surface area contributed by atoms with Crippen LogP contribution in [0.4, 0.5) is 4.79 Å². The molecule has 2 rings (SSSR count). The van der Waals surface area contributed by atoms with E-state index in [9.17, 15) is 4.79 Å². The number of para-hydroxylation sites is 1. The summed E-state index contributed by atoms with van der Waals surface area (Å²) in [7, 11) is 1.72. The Labute approximate surface area is 153 Å². The first-order valence-corrected chi connectivity index (χ1v) is 8.53. The molecule has 2 aromatic rings. The van der Waals surface area contributed by atoms with Crippen LogP contribution < -0.4 is 10.1 Å². The Morgan fingerprint density at radius 2 is 2.23 bits per heavy atom. The van der Waals surface area contributed by atoms with Crippen molar-refractivity contribution in [2.75, 3.05) is 13.7 Å². The third kappa shape index (κ3) is 5.48. The van der Waals surface area contributed by atoms with Crippen molar-refractivity contribution in [1.82, 2.24) is 30.4 Å². The minimum atomic E-state index is -0.221. The molecular formula is C18H24N6O2. The first kappa shape index (κ1) is 19.2. The smallest absolute Gasteiger partial charge is 0.317 e. The van der Waals surface area contributed by atoms with Crippen LogP contribution in [0, 0.1) is 12.3 Å². The van der Waals surface area contributed by atoms with E-state index in [2.05, 4.69) is 33.7 Å². The summed E-state index contributed by atoms with van der Waals surface area (Å²) in [6, 6.07) is 7.28. The monoisotopic (exact) mass is 356 g/mol. The maximum absolute atomic E-state index is 12.4. The number of aryl methyl sites for hydroxylation is 1. The van der Waals surface area contributed by atoms with Gasteiger partial charge in [-0.15, -0.1) is 11.5 Å². The summed E-state index contributed by atoms with van der Waals surface area (Å²) in [5.74, 6) is 3.75. The number of aromatic nitrogens is 4. The lowest BCUT2D eigenvalue weighted by Crippen LogP contribution is -2.37. The maximum atomic E-state index is 12.4. The number of terminal acetylenes is 1. The Morgan fingerprint density at radius 3 is 3.00 bits per heavy atom. The molecule has 0 bridgehead atoms. The molecule has 0 saturated carbocycles. The van der Waals surface area contributed by atoms with Crippen LogP contribution in [0.2, 0.25) is 0 Å². The van der Waals surface area contributed by atoms with E-state index in [0.717, 1.165) is 24.9 Å². The second kappa shape index (κ2) is 10.0. The molecule has 0 saturated heterocycles. The number of tetrazole rings is 1. The molecule has 2 amide bonds. The maximum Gasteiger partial charge on any atom is 0.317 e. The molecule has 0 unspecified atom stereocenters. The number of hydrogen-bond acceptors (Lipinski definition) is 5. The minimum Gasteiger partial charge on any atom is -0.481 e. The molecule has 0 aliphatic carbocycles. The predicted molar refractivity (Wildman–Crippen MR) is 97.2 cm³/mol. The van der Waals surface area contributed by atoms with Crippen LogP contribution >= 0.6 is 0 Å². The summed E-state index contributed by atoms with van der Waals surface area (Å²) in [6.07, 6.45) is 7.27. The van der Waals surface area contributed by atoms with Crippen molar-refractivity contribution in [3.05, 3.63) is 35.7 Å². The molecule has 1 aromatic carbocycles. The number of rotatable bonds is 9. The van der Waals surface area contributed by atoms with E-state index in [1.165, 1.54) is 0 Å². The summed E-state index contributed by atoms with van der Waals surface area (Å²) in [5, 5.41) is 14.4. The molecule has 1 N–H and O–H groups in total. The highest BCUT2D eigenvalue weighted by Crippen LogP contribution is 2.19. The Hall–Kier alpha value is -3.08. The molecule has 0 spiro atoms. The van der Waals surface area contributed by atoms with E-state index in [-0.39, 0.29) is 19.2 Å². The normalized spacial score (nSPS) is 10.2. The Balaban J connectivity index is 1.90. The van der Waals surface area contributed by atoms with Gasteiger partial charge in [0.2, 0.25) is 0 Å². The van der Waals surface area contributed by atoms with Crippen molar-refractivity contribution in [1.29, 1.82) is 0 Å². The van der Waals surface area contributed by atoms with Gasteiger partial charge < -0.3 is 15.0 Å². The topological polar surface area (TPSA) is 85.2 Å². The first-order valence-electron chi connectivity index (χ1n) is 8.53. The standard InChI is InChI=1S/C18H24N6O2/c1-4-6-11-24-17(20-21-22-24)13-19-18(25)23(3)14-15-9-7-8-10-16(15)26-12-5-2/h2,7-10H,4,6,11-14H2,1,3H3,(H,19,25). The number of ether oxygens (including phenoxy) is 1. The lowest BCUT2D eigenvalue weighted by atomic mass is 10.2. The molecule has 8 nitrogen and oxygen atoms in total. The van der Waals surface area contributed by atoms with Gasteiger partial charge in [0.15, 0.2) is 5.82 Å². The van der Waals surface area contributed by atoms with Gasteiger partial charge in [-0.3, -0.25) is 0 Å². The highest BCUT2D eigenvalue weighted by atomic mass is 16.5. The van der Waals surface area contributed by atoms with Crippen molar-refractivity contribution in [3.8, 4) is 18.1 Å². The quantitative estimate of drug-likeness (QED) is 0.693. The Kier molecular flexibility index (Phi) is 7.43. The number of nitrogens with one attached hydrogen (secondary N) is 1. The minimum absolute atomic E-state index is 0.188. The summed E-state index contributed by atoms with van der Waals surface area (Å²) < 4.78 is 7.23. The number of amides is 2. The van der Waals surface area contributed by atoms with Gasteiger partial charge in [-0.05, 0) is 22.9 Å². The van der Waals surface area contributed by atoms with Crippen LogP contribution in [0.3, 0.4) is 0 Å². The van der Waals surface area contributed by atoms with E-state index in [1.54, 1.807) is 16.6 Å². The molecular weight excluding hydrogens is 332 g/mol. The van der Waals surface area contributed by atoms with E-state index < -0.39 is 0 Å². The van der Waals surface area contributed by atoms with E-state index >= 15 is 0 Å². The van der Waals surface area contributed by atoms with Crippen molar-refractivity contribution in [2.24, 2.45) is 0 Å². The van der Waals surface area contributed by atoms with Crippen molar-refractivity contribution in [3.63, 3.8) is 0 Å². The van der Waals surface area contributed by atoms with Crippen LogP contribution in [0.5, 0.6) is 5.75 Å². The largest absolute Gasteiger partial charge is 0.481 e. The number of unbranched alkanes of at least 4 members (excludes halogenated alkanes) is 1. The van der Waals surface area contributed by atoms with Gasteiger partial charge in [-0.25, -0.2) is 9.48 Å². The molecule has 0 atom stereocenters. The van der Waals surface area contributed by atoms with Crippen LogP contribution in [-0.4, -0.2) is 44.8 Å².